The van der Waals surface area contributed by atoms with Gasteiger partial charge in [-0.15, -0.1) is 0 Å². The van der Waals surface area contributed by atoms with Crippen LogP contribution in [0.15, 0.2) is 0 Å². The van der Waals surface area contributed by atoms with Gasteiger partial charge in [0.1, 0.15) is 30.3 Å². The fourth-order valence-corrected chi connectivity index (χ4v) is 3.10. The maximum atomic E-state index is 12.8. The maximum Gasteiger partial charge on any atom is 0.408 e. The molecule has 1 heterocycles. The van der Waals surface area contributed by atoms with E-state index in [4.69, 9.17) is 44.3 Å². The number of halogens is 3. The largest absolute Gasteiger partial charge is 0.460 e. The Bertz CT molecular complexity index is 724. The number of hydrogen-bond acceptors (Lipinski definition) is 7. The molecular weight excluding hydrogens is 499 g/mol. The van der Waals surface area contributed by atoms with Crippen LogP contribution < -0.4 is 16.1 Å². The van der Waals surface area contributed by atoms with E-state index in [-0.39, 0.29) is 5.92 Å². The van der Waals surface area contributed by atoms with Crippen LogP contribution in [0.25, 0.3) is 0 Å². The summed E-state index contributed by atoms with van der Waals surface area (Å²) < 4.78 is 8.44. The Morgan fingerprint density at radius 1 is 1.09 bits per heavy atom. The van der Waals surface area contributed by atoms with Gasteiger partial charge < -0.3 is 20.1 Å². The summed E-state index contributed by atoms with van der Waals surface area (Å²) in [6.07, 6.45) is 0.226. The molecule has 190 valence electrons. The number of ether oxygens (including phenoxy) is 2. The Balaban J connectivity index is 2.70. The van der Waals surface area contributed by atoms with Gasteiger partial charge in [-0.2, -0.15) is 0 Å². The molecule has 10 nitrogen and oxygen atoms in total. The highest BCUT2D eigenvalue weighted by atomic mass is 35.6. The van der Waals surface area contributed by atoms with Crippen molar-refractivity contribution in [2.45, 2.75) is 81.9 Å². The Morgan fingerprint density at radius 3 is 2.21 bits per heavy atom. The quantitative estimate of drug-likeness (QED) is 0.340. The summed E-state index contributed by atoms with van der Waals surface area (Å²) in [5, 5.41) is 6.40. The van der Waals surface area contributed by atoms with Crippen LogP contribution in [0.2, 0.25) is 0 Å². The summed E-state index contributed by atoms with van der Waals surface area (Å²) in [5.74, 6) is -1.91. The van der Waals surface area contributed by atoms with Crippen LogP contribution in [-0.2, 0) is 23.9 Å². The number of nitrogens with zero attached hydrogens (tertiary/aromatic N) is 1. The third kappa shape index (κ3) is 11.0. The van der Waals surface area contributed by atoms with E-state index in [2.05, 4.69) is 16.1 Å². The van der Waals surface area contributed by atoms with Gasteiger partial charge in [0.25, 0.3) is 5.91 Å². The predicted octanol–water partition coefficient (Wildman–Crippen LogP) is 2.45. The first-order chi connectivity index (χ1) is 15.0. The van der Waals surface area contributed by atoms with Crippen molar-refractivity contribution in [3.63, 3.8) is 0 Å². The molecule has 0 unspecified atom stereocenters. The lowest BCUT2D eigenvalue weighted by Gasteiger charge is -2.34. The number of esters is 1. The molecule has 0 radical (unpaired) electrons. The molecule has 13 heteroatoms. The van der Waals surface area contributed by atoms with Crippen LogP contribution in [0, 0.1) is 5.92 Å². The third-order valence-electron chi connectivity index (χ3n) is 4.47. The van der Waals surface area contributed by atoms with Gasteiger partial charge in [0, 0.05) is 6.54 Å². The van der Waals surface area contributed by atoms with Gasteiger partial charge in [-0.3, -0.25) is 19.4 Å². The summed E-state index contributed by atoms with van der Waals surface area (Å²) in [4.78, 5) is 49.9. The van der Waals surface area contributed by atoms with Gasteiger partial charge >= 0.3 is 12.1 Å². The average Bonchev–Trinajstić information content (AvgIpc) is 2.67. The molecule has 0 saturated carbocycles. The molecule has 3 N–H and O–H groups in total. The minimum absolute atomic E-state index is 0.259. The van der Waals surface area contributed by atoms with Crippen LogP contribution in [0.4, 0.5) is 4.79 Å². The molecule has 1 rings (SSSR count). The standard InChI is InChI=1S/C20H33Cl3N4O6/c1-11(2)14(25-18(31)33-19(4,5)6)15(28)24-12(3)16(29)27-9-7-8-13(26-27)17(30)32-10-20(21,22)23/h11-14,26H,7-10H2,1-6H3,(H,24,28)(H,25,31)/t12-,13-,14+/m0/s1. The molecule has 0 aromatic rings. The van der Waals surface area contributed by atoms with E-state index in [0.717, 1.165) is 0 Å². The molecule has 1 aliphatic heterocycles. The van der Waals surface area contributed by atoms with Gasteiger partial charge in [-0.25, -0.2) is 10.2 Å². The Labute approximate surface area is 209 Å². The second kappa shape index (κ2) is 12.3. The average molecular weight is 532 g/mol. The van der Waals surface area contributed by atoms with E-state index in [0.29, 0.717) is 19.4 Å². The molecule has 0 aliphatic carbocycles. The molecule has 1 fully saturated rings. The fourth-order valence-electron chi connectivity index (χ4n) is 2.94. The zero-order valence-corrected chi connectivity index (χ0v) is 21.9. The van der Waals surface area contributed by atoms with Gasteiger partial charge in [-0.1, -0.05) is 48.7 Å². The van der Waals surface area contributed by atoms with Crippen molar-refractivity contribution in [2.24, 2.45) is 5.92 Å². The monoisotopic (exact) mass is 530 g/mol. The highest BCUT2D eigenvalue weighted by molar-refractivity contribution is 6.67. The normalized spacial score (nSPS) is 18.8. The van der Waals surface area contributed by atoms with Crippen LogP contribution in [0.1, 0.15) is 54.4 Å². The molecule has 1 saturated heterocycles. The SMILES string of the molecule is CC(C)[C@@H](NC(=O)OC(C)(C)C)C(=O)N[C@@H](C)C(=O)N1CCC[C@@H](C(=O)OCC(Cl)(Cl)Cl)N1. The van der Waals surface area contributed by atoms with Crippen molar-refractivity contribution in [1.29, 1.82) is 0 Å². The van der Waals surface area contributed by atoms with E-state index in [1.165, 1.54) is 11.9 Å². The molecule has 0 aromatic carbocycles. The predicted molar refractivity (Wildman–Crippen MR) is 125 cm³/mol. The molecule has 33 heavy (non-hydrogen) atoms. The van der Waals surface area contributed by atoms with Crippen LogP contribution >= 0.6 is 34.8 Å². The van der Waals surface area contributed by atoms with Gasteiger partial charge in [0.2, 0.25) is 9.70 Å². The zero-order valence-electron chi connectivity index (χ0n) is 19.7. The lowest BCUT2D eigenvalue weighted by atomic mass is 10.0. The van der Waals surface area contributed by atoms with E-state index in [9.17, 15) is 19.2 Å². The number of carbonyl (C=O) groups is 4. The first-order valence-electron chi connectivity index (χ1n) is 10.6. The molecule has 3 atom stereocenters. The van der Waals surface area contributed by atoms with Crippen molar-refractivity contribution >= 4 is 58.7 Å². The highest BCUT2D eigenvalue weighted by Crippen LogP contribution is 2.26. The minimum Gasteiger partial charge on any atom is -0.460 e. The highest BCUT2D eigenvalue weighted by Gasteiger charge is 2.34. The summed E-state index contributed by atoms with van der Waals surface area (Å²) in [6.45, 7) is 10.1. The number of hydrazine groups is 1. The summed E-state index contributed by atoms with van der Waals surface area (Å²) in [7, 11) is 0. The number of alkyl halides is 3. The van der Waals surface area contributed by atoms with Gasteiger partial charge in [-0.05, 0) is 46.5 Å². The summed E-state index contributed by atoms with van der Waals surface area (Å²) in [6, 6.07) is -2.63. The first kappa shape index (κ1) is 29.5. The number of rotatable bonds is 7. The lowest BCUT2D eigenvalue weighted by Crippen LogP contribution is -2.61. The van der Waals surface area contributed by atoms with Crippen LogP contribution in [0.3, 0.4) is 0 Å². The second-order valence-electron chi connectivity index (χ2n) is 9.13. The Morgan fingerprint density at radius 2 is 1.70 bits per heavy atom. The zero-order chi connectivity index (χ0) is 25.6. The number of hydrogen-bond donors (Lipinski definition) is 3. The summed E-state index contributed by atoms with van der Waals surface area (Å²) >= 11 is 16.8. The molecule has 3 amide bonds. The number of amides is 3. The molecular formula is C20H33Cl3N4O6. The summed E-state index contributed by atoms with van der Waals surface area (Å²) in [5.41, 5.74) is 2.07. The lowest BCUT2D eigenvalue weighted by molar-refractivity contribution is -0.152. The smallest absolute Gasteiger partial charge is 0.408 e. The van der Waals surface area contributed by atoms with Crippen LogP contribution in [0.5, 0.6) is 0 Å². The topological polar surface area (TPSA) is 126 Å². The minimum atomic E-state index is -1.74. The molecule has 0 aromatic heterocycles. The fraction of sp³-hybridized carbons (Fsp3) is 0.800. The van der Waals surface area contributed by atoms with Gasteiger partial charge in [0.05, 0.1) is 0 Å². The second-order valence-corrected chi connectivity index (χ2v) is 11.7. The van der Waals surface area contributed by atoms with Crippen molar-refractivity contribution < 1.29 is 28.7 Å². The number of carbonyl (C=O) groups excluding carboxylic acids is 4. The van der Waals surface area contributed by atoms with Crippen molar-refractivity contribution in [2.75, 3.05) is 13.2 Å². The molecule has 1 aliphatic rings. The third-order valence-corrected chi connectivity index (χ3v) is 4.79. The number of alkyl carbamates (subject to hydrolysis) is 1. The molecule has 0 bridgehead atoms. The van der Waals surface area contributed by atoms with E-state index >= 15 is 0 Å². The van der Waals surface area contributed by atoms with Crippen molar-refractivity contribution in [3.8, 4) is 0 Å². The van der Waals surface area contributed by atoms with E-state index < -0.39 is 58.0 Å². The van der Waals surface area contributed by atoms with Crippen molar-refractivity contribution in [3.05, 3.63) is 0 Å². The maximum absolute atomic E-state index is 12.8. The van der Waals surface area contributed by atoms with E-state index in [1.54, 1.807) is 34.6 Å². The van der Waals surface area contributed by atoms with Crippen molar-refractivity contribution in [1.82, 2.24) is 21.1 Å². The van der Waals surface area contributed by atoms with Crippen LogP contribution in [-0.4, -0.2) is 69.6 Å². The molecule has 0 spiro atoms. The first-order valence-corrected chi connectivity index (χ1v) is 11.7. The Hall–Kier alpha value is -1.49. The van der Waals surface area contributed by atoms with E-state index in [1.807, 2.05) is 0 Å². The Kier molecular flexibility index (Phi) is 11.0. The van der Waals surface area contributed by atoms with Gasteiger partial charge in [0.15, 0.2) is 0 Å². The number of nitrogens with one attached hydrogen (secondary N) is 3.